The summed E-state index contributed by atoms with van der Waals surface area (Å²) in [4.78, 5) is 12.4. The van der Waals surface area contributed by atoms with E-state index < -0.39 is 0 Å². The summed E-state index contributed by atoms with van der Waals surface area (Å²) in [5.41, 5.74) is 1.84. The number of hydrogen-bond donors (Lipinski definition) is 1. The van der Waals surface area contributed by atoms with Gasteiger partial charge in [0.1, 0.15) is 5.75 Å². The van der Waals surface area contributed by atoms with Crippen molar-refractivity contribution in [3.05, 3.63) is 29.3 Å². The molecule has 0 spiro atoms. The molecule has 1 N–H and O–H groups in total. The van der Waals surface area contributed by atoms with Gasteiger partial charge in [-0.3, -0.25) is 4.79 Å². The van der Waals surface area contributed by atoms with E-state index in [2.05, 4.69) is 5.32 Å². The van der Waals surface area contributed by atoms with Gasteiger partial charge in [0.25, 0.3) is 0 Å². The van der Waals surface area contributed by atoms with E-state index in [1.807, 2.05) is 39.0 Å². The third kappa shape index (κ3) is 3.57. The van der Waals surface area contributed by atoms with Gasteiger partial charge >= 0.3 is 0 Å². The summed E-state index contributed by atoms with van der Waals surface area (Å²) in [5, 5.41) is 3.29. The third-order valence-corrected chi connectivity index (χ3v) is 3.49. The molecule has 1 fully saturated rings. The molecular formula is C16H23NO2. The minimum Gasteiger partial charge on any atom is -0.491 e. The standard InChI is InChI=1S/C16H23NO2/c1-11(2)19-15-7-6-13(9-12(15)3)16(18)14-5-4-8-17-10-14/h6-7,9,11,14,17H,4-5,8,10H2,1-3H3. The van der Waals surface area contributed by atoms with Crippen LogP contribution in [0.2, 0.25) is 0 Å². The van der Waals surface area contributed by atoms with Crippen molar-refractivity contribution in [2.24, 2.45) is 5.92 Å². The maximum Gasteiger partial charge on any atom is 0.167 e. The molecular weight excluding hydrogens is 238 g/mol. The Morgan fingerprint density at radius 3 is 2.79 bits per heavy atom. The maximum atomic E-state index is 12.4. The monoisotopic (exact) mass is 261 g/mol. The molecule has 1 aliphatic rings. The smallest absolute Gasteiger partial charge is 0.167 e. The van der Waals surface area contributed by atoms with Crippen LogP contribution in [0.1, 0.15) is 42.6 Å². The minimum atomic E-state index is 0.130. The van der Waals surface area contributed by atoms with Gasteiger partial charge in [0.15, 0.2) is 5.78 Å². The Bertz CT molecular complexity index is 448. The zero-order valence-electron chi connectivity index (χ0n) is 12.0. The van der Waals surface area contributed by atoms with Gasteiger partial charge in [-0.25, -0.2) is 0 Å². The Balaban J connectivity index is 2.12. The fourth-order valence-corrected chi connectivity index (χ4v) is 2.50. The van der Waals surface area contributed by atoms with E-state index in [-0.39, 0.29) is 17.8 Å². The molecule has 3 nitrogen and oxygen atoms in total. The molecule has 0 saturated carbocycles. The summed E-state index contributed by atoms with van der Waals surface area (Å²) in [5.74, 6) is 1.25. The number of rotatable bonds is 4. The Morgan fingerprint density at radius 2 is 2.21 bits per heavy atom. The van der Waals surface area contributed by atoms with Crippen molar-refractivity contribution in [3.63, 3.8) is 0 Å². The van der Waals surface area contributed by atoms with Crippen LogP contribution in [0.25, 0.3) is 0 Å². The van der Waals surface area contributed by atoms with Crippen molar-refractivity contribution in [1.82, 2.24) is 5.32 Å². The zero-order chi connectivity index (χ0) is 13.8. The second-order valence-electron chi connectivity index (χ2n) is 5.55. The van der Waals surface area contributed by atoms with Gasteiger partial charge in [0.2, 0.25) is 0 Å². The Morgan fingerprint density at radius 1 is 1.42 bits per heavy atom. The van der Waals surface area contributed by atoms with E-state index in [0.29, 0.717) is 0 Å². The molecule has 1 heterocycles. The SMILES string of the molecule is Cc1cc(C(=O)C2CCCNC2)ccc1OC(C)C. The lowest BCUT2D eigenvalue weighted by Gasteiger charge is -2.22. The Hall–Kier alpha value is -1.35. The van der Waals surface area contributed by atoms with Crippen LogP contribution in [0.5, 0.6) is 5.75 Å². The summed E-state index contributed by atoms with van der Waals surface area (Å²) in [7, 11) is 0. The number of benzene rings is 1. The quantitative estimate of drug-likeness (QED) is 0.847. The zero-order valence-corrected chi connectivity index (χ0v) is 12.0. The van der Waals surface area contributed by atoms with Gasteiger partial charge in [-0.05, 0) is 63.9 Å². The van der Waals surface area contributed by atoms with Crippen molar-refractivity contribution >= 4 is 5.78 Å². The molecule has 0 amide bonds. The molecule has 0 aromatic heterocycles. The van der Waals surface area contributed by atoms with Crippen LogP contribution in [0.4, 0.5) is 0 Å². The molecule has 0 bridgehead atoms. The highest BCUT2D eigenvalue weighted by Gasteiger charge is 2.22. The molecule has 1 saturated heterocycles. The van der Waals surface area contributed by atoms with Crippen LogP contribution < -0.4 is 10.1 Å². The van der Waals surface area contributed by atoms with Crippen molar-refractivity contribution < 1.29 is 9.53 Å². The van der Waals surface area contributed by atoms with Gasteiger partial charge < -0.3 is 10.1 Å². The number of aryl methyl sites for hydroxylation is 1. The molecule has 104 valence electrons. The maximum absolute atomic E-state index is 12.4. The van der Waals surface area contributed by atoms with Gasteiger partial charge in [-0.15, -0.1) is 0 Å². The number of piperidine rings is 1. The highest BCUT2D eigenvalue weighted by Crippen LogP contribution is 2.23. The largest absolute Gasteiger partial charge is 0.491 e. The van der Waals surface area contributed by atoms with Crippen LogP contribution in [0, 0.1) is 12.8 Å². The lowest BCUT2D eigenvalue weighted by atomic mass is 9.90. The number of ether oxygens (including phenoxy) is 1. The molecule has 3 heteroatoms. The third-order valence-electron chi connectivity index (χ3n) is 3.49. The lowest BCUT2D eigenvalue weighted by molar-refractivity contribution is 0.0899. The van der Waals surface area contributed by atoms with Crippen LogP contribution in [-0.4, -0.2) is 25.0 Å². The first-order chi connectivity index (χ1) is 9.08. The average Bonchev–Trinajstić information content (AvgIpc) is 2.41. The number of carbonyl (C=O) groups excluding carboxylic acids is 1. The number of hydrogen-bond acceptors (Lipinski definition) is 3. The first-order valence-electron chi connectivity index (χ1n) is 7.10. The topological polar surface area (TPSA) is 38.3 Å². The molecule has 1 unspecified atom stereocenters. The molecule has 19 heavy (non-hydrogen) atoms. The predicted octanol–water partition coefficient (Wildman–Crippen LogP) is 2.96. The molecule has 0 aliphatic carbocycles. The summed E-state index contributed by atoms with van der Waals surface area (Å²) in [6, 6.07) is 5.76. The van der Waals surface area contributed by atoms with Crippen molar-refractivity contribution in [1.29, 1.82) is 0 Å². The van der Waals surface area contributed by atoms with E-state index in [9.17, 15) is 4.79 Å². The highest BCUT2D eigenvalue weighted by atomic mass is 16.5. The first-order valence-corrected chi connectivity index (χ1v) is 7.10. The van der Waals surface area contributed by atoms with E-state index >= 15 is 0 Å². The molecule has 1 aromatic carbocycles. The van der Waals surface area contributed by atoms with Crippen molar-refractivity contribution in [2.75, 3.05) is 13.1 Å². The number of carbonyl (C=O) groups is 1. The Kier molecular flexibility index (Phi) is 4.59. The van der Waals surface area contributed by atoms with E-state index in [0.717, 1.165) is 42.8 Å². The number of Topliss-reactive ketones (excluding diaryl/α,β-unsaturated/α-hetero) is 1. The Labute approximate surface area is 115 Å². The molecule has 2 rings (SSSR count). The molecule has 1 aromatic rings. The summed E-state index contributed by atoms with van der Waals surface area (Å²) < 4.78 is 5.70. The van der Waals surface area contributed by atoms with Gasteiger partial charge in [-0.1, -0.05) is 0 Å². The average molecular weight is 261 g/mol. The fraction of sp³-hybridized carbons (Fsp3) is 0.562. The van der Waals surface area contributed by atoms with Crippen molar-refractivity contribution in [3.8, 4) is 5.75 Å². The van der Waals surface area contributed by atoms with E-state index in [1.165, 1.54) is 0 Å². The summed E-state index contributed by atoms with van der Waals surface area (Å²) in [6.45, 7) is 7.85. The second-order valence-corrected chi connectivity index (χ2v) is 5.55. The van der Waals surface area contributed by atoms with Gasteiger partial charge in [0.05, 0.1) is 6.10 Å². The fourth-order valence-electron chi connectivity index (χ4n) is 2.50. The lowest BCUT2D eigenvalue weighted by Crippen LogP contribution is -2.34. The van der Waals surface area contributed by atoms with Gasteiger partial charge in [0, 0.05) is 18.0 Å². The normalized spacial score (nSPS) is 19.5. The number of nitrogens with one attached hydrogen (secondary N) is 1. The molecule has 1 atom stereocenters. The minimum absolute atomic E-state index is 0.130. The van der Waals surface area contributed by atoms with Crippen molar-refractivity contribution in [2.45, 2.75) is 39.7 Å². The van der Waals surface area contributed by atoms with Crippen LogP contribution in [0.3, 0.4) is 0 Å². The highest BCUT2D eigenvalue weighted by molar-refractivity contribution is 5.98. The van der Waals surface area contributed by atoms with Crippen LogP contribution >= 0.6 is 0 Å². The number of ketones is 1. The van der Waals surface area contributed by atoms with Gasteiger partial charge in [-0.2, -0.15) is 0 Å². The molecule has 1 aliphatic heterocycles. The van der Waals surface area contributed by atoms with E-state index in [4.69, 9.17) is 4.74 Å². The second kappa shape index (κ2) is 6.20. The van der Waals surface area contributed by atoms with Crippen LogP contribution in [-0.2, 0) is 0 Å². The van der Waals surface area contributed by atoms with E-state index in [1.54, 1.807) is 0 Å². The predicted molar refractivity (Wildman–Crippen MR) is 76.9 cm³/mol. The summed E-state index contributed by atoms with van der Waals surface area (Å²) in [6.07, 6.45) is 2.24. The summed E-state index contributed by atoms with van der Waals surface area (Å²) >= 11 is 0. The molecule has 0 radical (unpaired) electrons. The first kappa shape index (κ1) is 14.1. The van der Waals surface area contributed by atoms with Crippen LogP contribution in [0.15, 0.2) is 18.2 Å².